The highest BCUT2D eigenvalue weighted by atomic mass is 16.2. The summed E-state index contributed by atoms with van der Waals surface area (Å²) >= 11 is 0. The normalized spacial score (nSPS) is 21.4. The van der Waals surface area contributed by atoms with Crippen LogP contribution >= 0.6 is 0 Å². The van der Waals surface area contributed by atoms with Gasteiger partial charge in [0.15, 0.2) is 0 Å². The van der Waals surface area contributed by atoms with E-state index in [2.05, 4.69) is 75.9 Å². The van der Waals surface area contributed by atoms with Gasteiger partial charge in [0.25, 0.3) is 5.91 Å². The number of nitrogens with one attached hydrogen (secondary N) is 2. The largest absolute Gasteiger partial charge is 0.359 e. The summed E-state index contributed by atoms with van der Waals surface area (Å²) in [5.74, 6) is 0.426. The summed E-state index contributed by atoms with van der Waals surface area (Å²) < 4.78 is 0. The number of rotatable bonds is 5. The van der Waals surface area contributed by atoms with Gasteiger partial charge >= 0.3 is 0 Å². The second-order valence-electron chi connectivity index (χ2n) is 10.1. The predicted octanol–water partition coefficient (Wildman–Crippen LogP) is 6.00. The van der Waals surface area contributed by atoms with Gasteiger partial charge in [0.05, 0.1) is 5.57 Å². The number of carbonyl (C=O) groups excluding carboxylic acids is 1. The van der Waals surface area contributed by atoms with E-state index in [1.165, 1.54) is 67.6 Å². The first-order valence-corrected chi connectivity index (χ1v) is 12.9. The van der Waals surface area contributed by atoms with E-state index in [0.29, 0.717) is 5.92 Å². The molecule has 174 valence electrons. The average molecular weight is 452 g/mol. The molecule has 2 aliphatic heterocycles. The van der Waals surface area contributed by atoms with Crippen molar-refractivity contribution in [2.75, 3.05) is 25.0 Å². The minimum Gasteiger partial charge on any atom is -0.359 e. The fraction of sp³-hybridized carbons (Fsp3) is 0.367. The van der Waals surface area contributed by atoms with Crippen LogP contribution < -0.4 is 5.32 Å². The lowest BCUT2D eigenvalue weighted by molar-refractivity contribution is -0.110. The number of carbonyl (C=O) groups is 1. The first-order valence-electron chi connectivity index (χ1n) is 12.9. The molecular formula is C30H33N3O. The zero-order valence-electron chi connectivity index (χ0n) is 19.8. The standard InChI is InChI=1S/C30H33N3O/c34-30-27(25-18-21(12-13-29(25)32-30)14-17-33-15-5-2-6-16-33)20-23-19-26-24(10-7-11-28(26)31-23)22-8-3-1-4-9-22/h1,3-4,8-9,12-13,18-20,24,31H,2,5-7,10-11,14-17H2,(H,32,34). The van der Waals surface area contributed by atoms with Crippen LogP contribution in [0.5, 0.6) is 0 Å². The van der Waals surface area contributed by atoms with Crippen LogP contribution in [0.25, 0.3) is 11.6 Å². The molecule has 2 aromatic carbocycles. The predicted molar refractivity (Wildman–Crippen MR) is 139 cm³/mol. The molecule has 34 heavy (non-hydrogen) atoms. The number of hydrogen-bond acceptors (Lipinski definition) is 2. The minimum absolute atomic E-state index is 0.00429. The Morgan fingerprint density at radius 2 is 1.82 bits per heavy atom. The van der Waals surface area contributed by atoms with Gasteiger partial charge in [-0.15, -0.1) is 0 Å². The van der Waals surface area contributed by atoms with E-state index in [1.54, 1.807) is 0 Å². The average Bonchev–Trinajstić information content (AvgIpc) is 3.44. The van der Waals surface area contributed by atoms with Gasteiger partial charge in [0.2, 0.25) is 0 Å². The van der Waals surface area contributed by atoms with Crippen LogP contribution in [0.2, 0.25) is 0 Å². The van der Waals surface area contributed by atoms with Crippen molar-refractivity contribution < 1.29 is 4.79 Å². The van der Waals surface area contributed by atoms with E-state index in [-0.39, 0.29) is 5.91 Å². The molecule has 1 aromatic heterocycles. The van der Waals surface area contributed by atoms with Gasteiger partial charge in [-0.05, 0) is 92.6 Å². The topological polar surface area (TPSA) is 48.1 Å². The van der Waals surface area contributed by atoms with Crippen molar-refractivity contribution in [3.63, 3.8) is 0 Å². The molecule has 2 N–H and O–H groups in total. The van der Waals surface area contributed by atoms with Crippen LogP contribution in [-0.2, 0) is 17.6 Å². The van der Waals surface area contributed by atoms with E-state index < -0.39 is 0 Å². The summed E-state index contributed by atoms with van der Waals surface area (Å²) in [5, 5.41) is 3.07. The van der Waals surface area contributed by atoms with Crippen molar-refractivity contribution in [1.29, 1.82) is 0 Å². The van der Waals surface area contributed by atoms with Gasteiger partial charge in [0.1, 0.15) is 0 Å². The number of aromatic nitrogens is 1. The van der Waals surface area contributed by atoms with Crippen molar-refractivity contribution in [3.05, 3.63) is 88.2 Å². The number of H-pyrrole nitrogens is 1. The van der Waals surface area contributed by atoms with Crippen LogP contribution in [0.4, 0.5) is 5.69 Å². The van der Waals surface area contributed by atoms with Gasteiger partial charge in [-0.1, -0.05) is 42.8 Å². The second kappa shape index (κ2) is 9.27. The van der Waals surface area contributed by atoms with E-state index >= 15 is 0 Å². The van der Waals surface area contributed by atoms with Crippen molar-refractivity contribution in [1.82, 2.24) is 9.88 Å². The zero-order chi connectivity index (χ0) is 22.9. The number of amides is 1. The van der Waals surface area contributed by atoms with Crippen LogP contribution in [-0.4, -0.2) is 35.4 Å². The molecule has 3 aliphatic rings. The number of anilines is 1. The van der Waals surface area contributed by atoms with Crippen LogP contribution in [0.3, 0.4) is 0 Å². The highest BCUT2D eigenvalue weighted by Crippen LogP contribution is 2.39. The van der Waals surface area contributed by atoms with Crippen molar-refractivity contribution in [3.8, 4) is 0 Å². The molecule has 0 saturated carbocycles. The van der Waals surface area contributed by atoms with Crippen molar-refractivity contribution in [2.45, 2.75) is 50.9 Å². The lowest BCUT2D eigenvalue weighted by Crippen LogP contribution is -2.31. The molecule has 6 rings (SSSR count). The SMILES string of the molecule is O=C1Nc2ccc(CCN3CCCCC3)cc2C1=Cc1cc2c([nH]1)CCCC2c1ccccc1. The van der Waals surface area contributed by atoms with E-state index in [0.717, 1.165) is 41.9 Å². The molecule has 3 heterocycles. The third-order valence-corrected chi connectivity index (χ3v) is 7.78. The molecular weight excluding hydrogens is 418 g/mol. The summed E-state index contributed by atoms with van der Waals surface area (Å²) in [6.07, 6.45) is 10.5. The summed E-state index contributed by atoms with van der Waals surface area (Å²) in [7, 11) is 0. The smallest absolute Gasteiger partial charge is 0.256 e. The molecule has 4 heteroatoms. The Bertz CT molecular complexity index is 1220. The Morgan fingerprint density at radius 1 is 0.971 bits per heavy atom. The van der Waals surface area contributed by atoms with Gasteiger partial charge in [-0.25, -0.2) is 0 Å². The van der Waals surface area contributed by atoms with E-state index in [9.17, 15) is 4.79 Å². The number of benzene rings is 2. The molecule has 1 atom stereocenters. The Morgan fingerprint density at radius 3 is 2.68 bits per heavy atom. The third kappa shape index (κ3) is 4.23. The van der Waals surface area contributed by atoms with Crippen LogP contribution in [0.1, 0.15) is 71.7 Å². The fourth-order valence-electron chi connectivity index (χ4n) is 5.96. The Labute approximate surface area is 202 Å². The number of piperidine rings is 1. The van der Waals surface area contributed by atoms with Crippen LogP contribution in [0, 0.1) is 0 Å². The number of hydrogen-bond donors (Lipinski definition) is 2. The molecule has 1 amide bonds. The Balaban J connectivity index is 1.26. The molecule has 1 fully saturated rings. The second-order valence-corrected chi connectivity index (χ2v) is 10.1. The summed E-state index contributed by atoms with van der Waals surface area (Å²) in [6.45, 7) is 3.54. The highest BCUT2D eigenvalue weighted by molar-refractivity contribution is 6.34. The molecule has 0 spiro atoms. The quantitative estimate of drug-likeness (QED) is 0.467. The maximum absolute atomic E-state index is 12.9. The molecule has 4 nitrogen and oxygen atoms in total. The maximum atomic E-state index is 12.9. The molecule has 0 bridgehead atoms. The number of fused-ring (bicyclic) bond motifs is 2. The van der Waals surface area contributed by atoms with E-state index in [1.807, 2.05) is 0 Å². The molecule has 0 radical (unpaired) electrons. The molecule has 1 unspecified atom stereocenters. The van der Waals surface area contributed by atoms with Gasteiger partial charge < -0.3 is 15.2 Å². The minimum atomic E-state index is -0.00429. The van der Waals surface area contributed by atoms with Crippen molar-refractivity contribution in [2.24, 2.45) is 0 Å². The van der Waals surface area contributed by atoms with Gasteiger partial charge in [-0.3, -0.25) is 4.79 Å². The number of aryl methyl sites for hydroxylation is 1. The first-order chi connectivity index (χ1) is 16.7. The molecule has 1 saturated heterocycles. The lowest BCUT2D eigenvalue weighted by Gasteiger charge is -2.26. The lowest BCUT2D eigenvalue weighted by atomic mass is 9.82. The zero-order valence-corrected chi connectivity index (χ0v) is 19.8. The third-order valence-electron chi connectivity index (χ3n) is 7.78. The number of likely N-dealkylation sites (tertiary alicyclic amines) is 1. The maximum Gasteiger partial charge on any atom is 0.256 e. The van der Waals surface area contributed by atoms with E-state index in [4.69, 9.17) is 0 Å². The first kappa shape index (κ1) is 21.4. The van der Waals surface area contributed by atoms with Crippen molar-refractivity contribution >= 4 is 23.2 Å². The van der Waals surface area contributed by atoms with Crippen LogP contribution in [0.15, 0.2) is 54.6 Å². The summed E-state index contributed by atoms with van der Waals surface area (Å²) in [4.78, 5) is 19.1. The molecule has 3 aromatic rings. The summed E-state index contributed by atoms with van der Waals surface area (Å²) in [6, 6.07) is 19.5. The number of nitrogens with zero attached hydrogens (tertiary/aromatic N) is 1. The molecule has 1 aliphatic carbocycles. The monoisotopic (exact) mass is 451 g/mol. The highest BCUT2D eigenvalue weighted by Gasteiger charge is 2.27. The Hall–Kier alpha value is -3.11. The fourth-order valence-corrected chi connectivity index (χ4v) is 5.96. The summed E-state index contributed by atoms with van der Waals surface area (Å²) in [5.41, 5.74) is 9.16. The van der Waals surface area contributed by atoms with Gasteiger partial charge in [-0.2, -0.15) is 0 Å². The Kier molecular flexibility index (Phi) is 5.84. The van der Waals surface area contributed by atoms with Gasteiger partial charge in [0, 0.05) is 35.1 Å². The number of aromatic amines is 1.